The van der Waals surface area contributed by atoms with E-state index in [2.05, 4.69) is 4.99 Å². The summed E-state index contributed by atoms with van der Waals surface area (Å²) >= 11 is 0. The minimum Gasteiger partial charge on any atom is -0.521 e. The van der Waals surface area contributed by atoms with Crippen LogP contribution < -0.4 is 14.8 Å². The highest BCUT2D eigenvalue weighted by molar-refractivity contribution is 6.62. The number of nitrogens with zero attached hydrogens (tertiary/aromatic N) is 1. The van der Waals surface area contributed by atoms with Crippen molar-refractivity contribution in [1.82, 2.24) is 0 Å². The van der Waals surface area contributed by atoms with E-state index >= 15 is 0 Å². The first-order valence-electron chi connectivity index (χ1n) is 7.91. The Morgan fingerprint density at radius 3 is 2.42 bits per heavy atom. The van der Waals surface area contributed by atoms with Gasteiger partial charge in [-0.25, -0.2) is 0 Å². The lowest BCUT2D eigenvalue weighted by atomic mass is 9.78. The predicted octanol–water partition coefficient (Wildman–Crippen LogP) is 3.91. The van der Waals surface area contributed by atoms with Gasteiger partial charge >= 0.3 is 7.12 Å². The molecule has 0 fully saturated rings. The van der Waals surface area contributed by atoms with Crippen molar-refractivity contribution in [3.8, 4) is 11.5 Å². The molecule has 24 heavy (non-hydrogen) atoms. The molecule has 1 aliphatic rings. The van der Waals surface area contributed by atoms with Crippen LogP contribution in [-0.4, -0.2) is 13.3 Å². The summed E-state index contributed by atoms with van der Waals surface area (Å²) in [5.74, 6) is 1.46. The fourth-order valence-electron chi connectivity index (χ4n) is 2.66. The minimum absolute atomic E-state index is 0.532. The van der Waals surface area contributed by atoms with Gasteiger partial charge in [-0.1, -0.05) is 48.5 Å². The number of hydrogen-bond acceptors (Lipinski definition) is 3. The van der Waals surface area contributed by atoms with Gasteiger partial charge in [-0.3, -0.25) is 4.99 Å². The van der Waals surface area contributed by atoms with Crippen molar-refractivity contribution < 1.29 is 9.31 Å². The number of fused-ring (bicyclic) bond motifs is 2. The van der Waals surface area contributed by atoms with E-state index in [1.54, 1.807) is 0 Å². The van der Waals surface area contributed by atoms with Crippen molar-refractivity contribution >= 4 is 24.5 Å². The van der Waals surface area contributed by atoms with Crippen molar-refractivity contribution in [2.45, 2.75) is 6.92 Å². The van der Waals surface area contributed by atoms with E-state index in [4.69, 9.17) is 9.31 Å². The van der Waals surface area contributed by atoms with Gasteiger partial charge in [0, 0.05) is 17.2 Å². The van der Waals surface area contributed by atoms with Crippen molar-refractivity contribution in [1.29, 1.82) is 0 Å². The summed E-state index contributed by atoms with van der Waals surface area (Å²) in [6.07, 6.45) is 1.82. The van der Waals surface area contributed by atoms with E-state index in [0.29, 0.717) is 5.75 Å². The summed E-state index contributed by atoms with van der Waals surface area (Å²) in [6, 6.07) is 23.8. The monoisotopic (exact) mass is 313 g/mol. The molecule has 4 rings (SSSR count). The van der Waals surface area contributed by atoms with E-state index in [1.807, 2.05) is 85.9 Å². The highest BCUT2D eigenvalue weighted by atomic mass is 16.6. The lowest BCUT2D eigenvalue weighted by molar-refractivity contribution is 0.440. The van der Waals surface area contributed by atoms with Crippen molar-refractivity contribution in [2.75, 3.05) is 0 Å². The molecular formula is C20H16BNO2. The van der Waals surface area contributed by atoms with Gasteiger partial charge in [0.2, 0.25) is 0 Å². The second-order valence-electron chi connectivity index (χ2n) is 5.75. The maximum Gasteiger partial charge on any atom is 0.632 e. The van der Waals surface area contributed by atoms with Crippen LogP contribution in [0.25, 0.3) is 0 Å². The van der Waals surface area contributed by atoms with Crippen LogP contribution in [0.5, 0.6) is 11.5 Å². The van der Waals surface area contributed by atoms with Gasteiger partial charge in [0.15, 0.2) is 0 Å². The van der Waals surface area contributed by atoms with Gasteiger partial charge in [0.1, 0.15) is 17.2 Å². The van der Waals surface area contributed by atoms with Gasteiger partial charge in [-0.05, 0) is 36.8 Å². The number of aliphatic imine (C=N–C) groups is 1. The summed E-state index contributed by atoms with van der Waals surface area (Å²) < 4.78 is 12.4. The lowest BCUT2D eigenvalue weighted by Gasteiger charge is -2.18. The second-order valence-corrected chi connectivity index (χ2v) is 5.75. The molecule has 3 nitrogen and oxygen atoms in total. The number of rotatable bonds is 1. The maximum absolute atomic E-state index is 6.18. The molecule has 0 spiro atoms. The van der Waals surface area contributed by atoms with Crippen LogP contribution in [0.3, 0.4) is 0 Å². The first-order chi connectivity index (χ1) is 11.8. The normalized spacial score (nSPS) is 12.8. The van der Waals surface area contributed by atoms with Crippen LogP contribution in [0, 0.1) is 6.92 Å². The number of benzene rings is 3. The Hall–Kier alpha value is -3.01. The summed E-state index contributed by atoms with van der Waals surface area (Å²) in [4.78, 5) is 4.61. The second kappa shape index (κ2) is 6.24. The van der Waals surface area contributed by atoms with E-state index < -0.39 is 7.12 Å². The Labute approximate surface area is 141 Å². The third kappa shape index (κ3) is 2.91. The molecule has 116 valence electrons. The number of para-hydroxylation sites is 1. The number of aryl methyl sites for hydroxylation is 1. The van der Waals surface area contributed by atoms with Gasteiger partial charge in [-0.15, -0.1) is 0 Å². The molecule has 0 aliphatic carbocycles. The highest BCUT2D eigenvalue weighted by Crippen LogP contribution is 2.31. The van der Waals surface area contributed by atoms with Crippen LogP contribution in [0.15, 0.2) is 77.8 Å². The molecule has 1 heterocycles. The predicted molar refractivity (Wildman–Crippen MR) is 98.0 cm³/mol. The molecule has 0 atom stereocenters. The van der Waals surface area contributed by atoms with Gasteiger partial charge in [-0.2, -0.15) is 0 Å². The number of hydrogen-bond donors (Lipinski definition) is 0. The minimum atomic E-state index is -0.532. The molecule has 0 unspecified atom stereocenters. The Balaban J connectivity index is 1.85. The smallest absolute Gasteiger partial charge is 0.521 e. The van der Waals surface area contributed by atoms with E-state index in [1.165, 1.54) is 0 Å². The third-order valence-electron chi connectivity index (χ3n) is 3.92. The van der Waals surface area contributed by atoms with Crippen molar-refractivity contribution in [3.05, 3.63) is 83.9 Å². The van der Waals surface area contributed by atoms with Gasteiger partial charge in [0.05, 0.1) is 0 Å². The maximum atomic E-state index is 6.18. The summed E-state index contributed by atoms with van der Waals surface area (Å²) in [5.41, 5.74) is 3.83. The van der Waals surface area contributed by atoms with Crippen molar-refractivity contribution in [3.63, 3.8) is 0 Å². The highest BCUT2D eigenvalue weighted by Gasteiger charge is 2.28. The molecule has 0 saturated heterocycles. The third-order valence-corrected chi connectivity index (χ3v) is 3.92. The fourth-order valence-corrected chi connectivity index (χ4v) is 2.66. The Morgan fingerprint density at radius 2 is 1.54 bits per heavy atom. The molecule has 0 amide bonds. The van der Waals surface area contributed by atoms with Crippen LogP contribution in [0.1, 0.15) is 11.1 Å². The molecule has 0 N–H and O–H groups in total. The molecule has 4 heteroatoms. The zero-order chi connectivity index (χ0) is 16.4. The van der Waals surface area contributed by atoms with Gasteiger partial charge in [0.25, 0.3) is 0 Å². The molecule has 0 bridgehead atoms. The first kappa shape index (κ1) is 14.6. The molecule has 0 aromatic heterocycles. The molecular weight excluding hydrogens is 297 g/mol. The quantitative estimate of drug-likeness (QED) is 0.638. The molecule has 1 aliphatic heterocycles. The Bertz CT molecular complexity index is 893. The standard InChI is InChI=1S/C20H16BNO2/c1-15-11-12-20-18(13-15)22-14-16-7-5-6-10-19(16)23-21(24-20)17-8-3-2-4-9-17/h2-14H,1H3. The van der Waals surface area contributed by atoms with E-state index in [9.17, 15) is 0 Å². The van der Waals surface area contributed by atoms with Crippen LogP contribution in [0.4, 0.5) is 5.69 Å². The molecule has 3 aromatic carbocycles. The summed E-state index contributed by atoms with van der Waals surface area (Å²) in [7, 11) is -0.532. The summed E-state index contributed by atoms with van der Waals surface area (Å²) in [6.45, 7) is 2.04. The fraction of sp³-hybridized carbons (Fsp3) is 0.0500. The zero-order valence-corrected chi connectivity index (χ0v) is 13.3. The SMILES string of the molecule is Cc1ccc2c(c1)N=Cc1ccccc1OB(c1ccccc1)O2. The van der Waals surface area contributed by atoms with Gasteiger partial charge < -0.3 is 9.31 Å². The van der Waals surface area contributed by atoms with Crippen molar-refractivity contribution in [2.24, 2.45) is 4.99 Å². The van der Waals surface area contributed by atoms with Crippen LogP contribution in [-0.2, 0) is 0 Å². The first-order valence-corrected chi connectivity index (χ1v) is 7.91. The molecule has 0 radical (unpaired) electrons. The van der Waals surface area contributed by atoms with Crippen LogP contribution >= 0.6 is 0 Å². The largest absolute Gasteiger partial charge is 0.632 e. The molecule has 0 saturated carbocycles. The van der Waals surface area contributed by atoms with Crippen LogP contribution in [0.2, 0.25) is 0 Å². The summed E-state index contributed by atoms with van der Waals surface area (Å²) in [5, 5.41) is 0. The lowest BCUT2D eigenvalue weighted by Crippen LogP contribution is -2.42. The van der Waals surface area contributed by atoms with E-state index in [-0.39, 0.29) is 0 Å². The molecule has 3 aromatic rings. The Kier molecular flexibility index (Phi) is 3.79. The average molecular weight is 313 g/mol. The topological polar surface area (TPSA) is 30.8 Å². The van der Waals surface area contributed by atoms with E-state index in [0.717, 1.165) is 28.0 Å². The average Bonchev–Trinajstić information content (AvgIpc) is 2.70. The zero-order valence-electron chi connectivity index (χ0n) is 13.3. The Morgan fingerprint density at radius 1 is 0.792 bits per heavy atom.